The minimum atomic E-state index is -0.347. The molecule has 0 aromatic carbocycles. The molecule has 2 aliphatic carbocycles. The van der Waals surface area contributed by atoms with Gasteiger partial charge in [-0.25, -0.2) is 9.59 Å². The molecule has 22 heavy (non-hydrogen) atoms. The molecular formula is C18H28O4. The van der Waals surface area contributed by atoms with Crippen molar-refractivity contribution in [2.24, 2.45) is 16.7 Å². The van der Waals surface area contributed by atoms with Gasteiger partial charge in [0.05, 0.1) is 7.11 Å². The first-order valence-corrected chi connectivity index (χ1v) is 7.67. The summed E-state index contributed by atoms with van der Waals surface area (Å²) in [5.41, 5.74) is 0.901. The molecular weight excluding hydrogens is 280 g/mol. The molecule has 2 fully saturated rings. The molecule has 2 aliphatic rings. The summed E-state index contributed by atoms with van der Waals surface area (Å²) in [6.45, 7) is 15.3. The molecule has 0 spiro atoms. The summed E-state index contributed by atoms with van der Waals surface area (Å²) >= 11 is 0. The molecule has 2 rings (SSSR count). The maximum Gasteiger partial charge on any atom is 0.332 e. The highest BCUT2D eigenvalue weighted by Crippen LogP contribution is 2.66. The summed E-state index contributed by atoms with van der Waals surface area (Å²) in [6.07, 6.45) is 4.85. The Kier molecular flexibility index (Phi) is 5.60. The maximum atomic E-state index is 11.3. The lowest BCUT2D eigenvalue weighted by molar-refractivity contribution is -0.150. The van der Waals surface area contributed by atoms with Gasteiger partial charge >= 0.3 is 11.9 Å². The molecule has 0 amide bonds. The van der Waals surface area contributed by atoms with E-state index in [9.17, 15) is 9.59 Å². The summed E-state index contributed by atoms with van der Waals surface area (Å²) in [6, 6.07) is 0. The van der Waals surface area contributed by atoms with Crippen LogP contribution in [0.15, 0.2) is 24.8 Å². The minimum Gasteiger partial charge on any atom is -0.466 e. The van der Waals surface area contributed by atoms with Crippen molar-refractivity contribution < 1.29 is 19.1 Å². The van der Waals surface area contributed by atoms with Crippen molar-refractivity contribution >= 4 is 11.9 Å². The quantitative estimate of drug-likeness (QED) is 0.589. The van der Waals surface area contributed by atoms with E-state index in [0.29, 0.717) is 16.9 Å². The van der Waals surface area contributed by atoms with Crippen molar-refractivity contribution in [1.82, 2.24) is 0 Å². The van der Waals surface area contributed by atoms with Crippen LogP contribution in [0.3, 0.4) is 0 Å². The normalized spacial score (nSPS) is 30.8. The van der Waals surface area contributed by atoms with Gasteiger partial charge in [0.25, 0.3) is 0 Å². The highest BCUT2D eigenvalue weighted by atomic mass is 16.5. The number of carbonyl (C=O) groups is 2. The van der Waals surface area contributed by atoms with E-state index in [1.807, 2.05) is 0 Å². The Balaban J connectivity index is 0.000000295. The van der Waals surface area contributed by atoms with Crippen molar-refractivity contribution in [3.05, 3.63) is 24.8 Å². The first-order valence-electron chi connectivity index (χ1n) is 7.67. The van der Waals surface area contributed by atoms with Gasteiger partial charge in [0, 0.05) is 17.1 Å². The van der Waals surface area contributed by atoms with Gasteiger partial charge in [-0.2, -0.15) is 0 Å². The first kappa shape index (κ1) is 18.5. The molecule has 3 atom stereocenters. The summed E-state index contributed by atoms with van der Waals surface area (Å²) in [5.74, 6) is 0.0923. The van der Waals surface area contributed by atoms with E-state index in [0.717, 1.165) is 6.42 Å². The zero-order valence-electron chi connectivity index (χ0n) is 14.4. The zero-order valence-corrected chi connectivity index (χ0v) is 14.4. The van der Waals surface area contributed by atoms with E-state index in [1.165, 1.54) is 26.0 Å². The van der Waals surface area contributed by atoms with Gasteiger partial charge in [-0.1, -0.05) is 33.9 Å². The van der Waals surface area contributed by atoms with E-state index in [-0.39, 0.29) is 23.5 Å². The van der Waals surface area contributed by atoms with Crippen LogP contribution < -0.4 is 0 Å². The molecule has 0 aromatic heterocycles. The van der Waals surface area contributed by atoms with Gasteiger partial charge in [0.1, 0.15) is 6.10 Å². The highest BCUT2D eigenvalue weighted by molar-refractivity contribution is 5.86. The van der Waals surface area contributed by atoms with E-state index in [2.05, 4.69) is 38.7 Å². The lowest BCUT2D eigenvalue weighted by Crippen LogP contribution is -2.38. The van der Waals surface area contributed by atoms with Crippen molar-refractivity contribution in [3.63, 3.8) is 0 Å². The van der Waals surface area contributed by atoms with Crippen LogP contribution in [0.4, 0.5) is 0 Å². The lowest BCUT2D eigenvalue weighted by atomic mass is 9.70. The van der Waals surface area contributed by atoms with Gasteiger partial charge in [0.15, 0.2) is 0 Å². The summed E-state index contributed by atoms with van der Waals surface area (Å²) < 4.78 is 9.75. The predicted octanol–water partition coefficient (Wildman–Crippen LogP) is 3.67. The van der Waals surface area contributed by atoms with Gasteiger partial charge in [-0.3, -0.25) is 0 Å². The Labute approximate surface area is 133 Å². The largest absolute Gasteiger partial charge is 0.466 e. The van der Waals surface area contributed by atoms with Crippen molar-refractivity contribution in [2.75, 3.05) is 7.11 Å². The van der Waals surface area contributed by atoms with Crippen LogP contribution in [0.5, 0.6) is 0 Å². The molecule has 4 nitrogen and oxygen atoms in total. The summed E-state index contributed by atoms with van der Waals surface area (Å²) in [7, 11) is 1.33. The van der Waals surface area contributed by atoms with Crippen molar-refractivity contribution in [2.45, 2.75) is 53.1 Å². The lowest BCUT2D eigenvalue weighted by Gasteiger charge is -2.38. The molecule has 2 bridgehead atoms. The fourth-order valence-electron chi connectivity index (χ4n) is 3.67. The molecule has 0 saturated heterocycles. The number of carbonyl (C=O) groups excluding carboxylic acids is 2. The van der Waals surface area contributed by atoms with Crippen molar-refractivity contribution in [3.8, 4) is 0 Å². The van der Waals surface area contributed by atoms with Gasteiger partial charge in [-0.15, -0.1) is 0 Å². The number of esters is 2. The second kappa shape index (κ2) is 6.67. The second-order valence-electron chi connectivity index (χ2n) is 7.01. The predicted molar refractivity (Wildman–Crippen MR) is 86.1 cm³/mol. The second-order valence-corrected chi connectivity index (χ2v) is 7.01. The van der Waals surface area contributed by atoms with E-state index < -0.39 is 0 Å². The minimum absolute atomic E-state index is 0.0942. The number of ether oxygens (including phenoxy) is 2. The third-order valence-electron chi connectivity index (χ3n) is 5.67. The summed E-state index contributed by atoms with van der Waals surface area (Å²) in [5, 5.41) is 0. The molecule has 1 unspecified atom stereocenters. The van der Waals surface area contributed by atoms with Crippen LogP contribution in [0.2, 0.25) is 0 Å². The van der Waals surface area contributed by atoms with Gasteiger partial charge < -0.3 is 9.47 Å². The molecule has 0 N–H and O–H groups in total. The molecule has 0 aromatic rings. The number of methoxy groups -OCH3 is 1. The zero-order chi connectivity index (χ0) is 17.1. The van der Waals surface area contributed by atoms with Crippen LogP contribution in [-0.4, -0.2) is 25.2 Å². The smallest absolute Gasteiger partial charge is 0.332 e. The Bertz CT molecular complexity index is 477. The topological polar surface area (TPSA) is 52.6 Å². The molecule has 0 aliphatic heterocycles. The van der Waals surface area contributed by atoms with Gasteiger partial charge in [-0.05, 0) is 37.5 Å². The number of rotatable bonds is 3. The Morgan fingerprint density at radius 3 is 2.14 bits per heavy atom. The fourth-order valence-corrected chi connectivity index (χ4v) is 3.67. The average Bonchev–Trinajstić information content (AvgIpc) is 2.80. The highest BCUT2D eigenvalue weighted by Gasteiger charge is 2.62. The van der Waals surface area contributed by atoms with Crippen LogP contribution >= 0.6 is 0 Å². The molecule has 0 radical (unpaired) electrons. The SMILES string of the molecule is C=C(C)C(=O)OC.C=CC(=O)OC1C[C@H]2CC[C@@]1(C)C2(C)C. The standard InChI is InChI=1S/C13H20O2.C5H8O2/c1-5-11(14)15-10-8-9-6-7-13(10,4)12(9,2)3;1-4(2)5(6)7-3/h5,9-10H,1,6-8H2,2-4H3;1H2,2-3H3/t9-,10?,13-;/m1./s1. The summed E-state index contributed by atoms with van der Waals surface area (Å²) in [4.78, 5) is 21.4. The Morgan fingerprint density at radius 2 is 1.86 bits per heavy atom. The number of fused-ring (bicyclic) bond motifs is 2. The van der Waals surface area contributed by atoms with Crippen LogP contribution in [0, 0.1) is 16.7 Å². The Morgan fingerprint density at radius 1 is 1.27 bits per heavy atom. The molecule has 124 valence electrons. The molecule has 4 heteroatoms. The Hall–Kier alpha value is -1.58. The van der Waals surface area contributed by atoms with Crippen molar-refractivity contribution in [1.29, 1.82) is 0 Å². The van der Waals surface area contributed by atoms with E-state index >= 15 is 0 Å². The first-order chi connectivity index (χ1) is 10.1. The van der Waals surface area contributed by atoms with E-state index in [1.54, 1.807) is 6.92 Å². The van der Waals surface area contributed by atoms with Crippen LogP contribution in [0.1, 0.15) is 47.0 Å². The average molecular weight is 308 g/mol. The van der Waals surface area contributed by atoms with E-state index in [4.69, 9.17) is 4.74 Å². The monoisotopic (exact) mass is 308 g/mol. The van der Waals surface area contributed by atoms with Crippen LogP contribution in [0.25, 0.3) is 0 Å². The molecule has 2 saturated carbocycles. The third-order valence-corrected chi connectivity index (χ3v) is 5.67. The number of hydrogen-bond donors (Lipinski definition) is 0. The number of hydrogen-bond acceptors (Lipinski definition) is 4. The maximum absolute atomic E-state index is 11.3. The third kappa shape index (κ3) is 3.26. The fraction of sp³-hybridized carbons (Fsp3) is 0.667. The van der Waals surface area contributed by atoms with Gasteiger partial charge in [0.2, 0.25) is 0 Å². The molecule has 0 heterocycles. The van der Waals surface area contributed by atoms with Crippen LogP contribution in [-0.2, 0) is 19.1 Å².